The van der Waals surface area contributed by atoms with Crippen molar-refractivity contribution < 1.29 is 13.6 Å². The van der Waals surface area contributed by atoms with Crippen molar-refractivity contribution in [2.45, 2.75) is 57.2 Å². The number of fused-ring (bicyclic) bond motifs is 1. The van der Waals surface area contributed by atoms with Gasteiger partial charge in [0.1, 0.15) is 28.7 Å². The van der Waals surface area contributed by atoms with Gasteiger partial charge in [-0.3, -0.25) is 9.48 Å². The Balaban J connectivity index is 1.37. The number of halogens is 2. The van der Waals surface area contributed by atoms with Crippen LogP contribution in [0.1, 0.15) is 56.0 Å². The molecule has 2 aliphatic rings. The Hall–Kier alpha value is -3.81. The van der Waals surface area contributed by atoms with Gasteiger partial charge in [0.2, 0.25) is 0 Å². The van der Waals surface area contributed by atoms with Crippen molar-refractivity contribution in [1.29, 1.82) is 5.26 Å². The Labute approximate surface area is 206 Å². The Morgan fingerprint density at radius 1 is 1.22 bits per heavy atom. The van der Waals surface area contributed by atoms with Crippen molar-refractivity contribution in [2.75, 3.05) is 11.9 Å². The van der Waals surface area contributed by atoms with Crippen LogP contribution in [0.15, 0.2) is 40.4 Å². The van der Waals surface area contributed by atoms with Crippen molar-refractivity contribution in [3.63, 3.8) is 0 Å². The predicted molar refractivity (Wildman–Crippen MR) is 130 cm³/mol. The molecule has 2 fully saturated rings. The fraction of sp³-hybridized carbons (Fsp3) is 0.480. The van der Waals surface area contributed by atoms with Crippen LogP contribution < -0.4 is 10.5 Å². The van der Waals surface area contributed by atoms with Crippen LogP contribution >= 0.6 is 0 Å². The maximum atomic E-state index is 12.8. The molecule has 0 atom stereocenters. The fourth-order valence-corrected chi connectivity index (χ4v) is 5.02. The normalized spacial score (nSPS) is 20.5. The smallest absolute Gasteiger partial charge is 0.370 e. The lowest BCUT2D eigenvalue weighted by Gasteiger charge is -2.36. The van der Waals surface area contributed by atoms with E-state index in [1.165, 1.54) is 4.57 Å². The zero-order valence-electron chi connectivity index (χ0n) is 20.1. The van der Waals surface area contributed by atoms with Crippen LogP contribution in [0.25, 0.3) is 11.0 Å². The summed E-state index contributed by atoms with van der Waals surface area (Å²) < 4.78 is 29.0. The molecule has 3 heterocycles. The second-order valence-electron chi connectivity index (χ2n) is 9.47. The monoisotopic (exact) mass is 495 g/mol. The molecule has 36 heavy (non-hydrogen) atoms. The Kier molecular flexibility index (Phi) is 6.43. The molecule has 3 aromatic heterocycles. The molecule has 2 saturated carbocycles. The van der Waals surface area contributed by atoms with E-state index in [0.29, 0.717) is 47.0 Å². The number of alkyl halides is 2. The topological polar surface area (TPSA) is 101 Å². The molecule has 0 aliphatic heterocycles. The number of oxime groups is 1. The summed E-state index contributed by atoms with van der Waals surface area (Å²) >= 11 is 0. The molecular weight excluding hydrogens is 468 g/mol. The number of nitriles is 1. The molecule has 0 amide bonds. The number of anilines is 1. The molecule has 0 unspecified atom stereocenters. The van der Waals surface area contributed by atoms with E-state index in [2.05, 4.69) is 26.1 Å². The van der Waals surface area contributed by atoms with Gasteiger partial charge in [-0.05, 0) is 56.7 Å². The molecule has 0 spiro atoms. The lowest BCUT2D eigenvalue weighted by atomic mass is 9.81. The first kappa shape index (κ1) is 23.9. The molecule has 0 saturated heterocycles. The second kappa shape index (κ2) is 9.68. The average Bonchev–Trinajstić information content (AvgIpc) is 3.63. The van der Waals surface area contributed by atoms with Crippen LogP contribution in [-0.4, -0.2) is 44.7 Å². The molecular formula is C25H27F2N7O2. The molecule has 3 aromatic rings. The van der Waals surface area contributed by atoms with Crippen molar-refractivity contribution in [1.82, 2.24) is 19.3 Å². The van der Waals surface area contributed by atoms with Crippen LogP contribution in [0.3, 0.4) is 0 Å². The summed E-state index contributed by atoms with van der Waals surface area (Å²) in [6.45, 7) is -2.99. The van der Waals surface area contributed by atoms with E-state index in [1.54, 1.807) is 25.2 Å². The van der Waals surface area contributed by atoms with Gasteiger partial charge in [-0.25, -0.2) is 4.98 Å². The van der Waals surface area contributed by atoms with E-state index in [-0.39, 0.29) is 23.2 Å². The summed E-state index contributed by atoms with van der Waals surface area (Å²) in [7, 11) is 3.60. The van der Waals surface area contributed by atoms with Crippen LogP contribution in [0.5, 0.6) is 0 Å². The second-order valence-corrected chi connectivity index (χ2v) is 9.47. The third kappa shape index (κ3) is 4.67. The highest BCUT2D eigenvalue weighted by Gasteiger charge is 2.32. The fourth-order valence-electron chi connectivity index (χ4n) is 5.02. The van der Waals surface area contributed by atoms with Crippen molar-refractivity contribution in [2.24, 2.45) is 18.1 Å². The molecule has 0 aromatic carbocycles. The first-order chi connectivity index (χ1) is 17.4. The van der Waals surface area contributed by atoms with Gasteiger partial charge < -0.3 is 14.3 Å². The maximum absolute atomic E-state index is 12.8. The largest absolute Gasteiger partial charge is 0.407 e. The molecule has 0 radical (unpaired) electrons. The lowest BCUT2D eigenvalue weighted by molar-refractivity contribution is -0.128. The summed E-state index contributed by atoms with van der Waals surface area (Å²) in [5, 5.41) is 17.7. The third-order valence-electron chi connectivity index (χ3n) is 7.22. The van der Waals surface area contributed by atoms with Crippen LogP contribution in [0.4, 0.5) is 14.5 Å². The zero-order valence-corrected chi connectivity index (χ0v) is 20.1. The Bertz CT molecular complexity index is 1400. The molecule has 11 heteroatoms. The molecule has 5 rings (SSSR count). The summed E-state index contributed by atoms with van der Waals surface area (Å²) in [6.07, 6.45) is 6.93. The highest BCUT2D eigenvalue weighted by Crippen LogP contribution is 2.36. The Morgan fingerprint density at radius 2 is 1.97 bits per heavy atom. The number of hydrogen-bond donors (Lipinski definition) is 0. The number of rotatable bonds is 7. The van der Waals surface area contributed by atoms with Gasteiger partial charge in [0.15, 0.2) is 0 Å². The van der Waals surface area contributed by atoms with Crippen LogP contribution in [0.2, 0.25) is 0 Å². The van der Waals surface area contributed by atoms with Gasteiger partial charge in [-0.2, -0.15) is 19.1 Å². The van der Waals surface area contributed by atoms with Gasteiger partial charge >= 0.3 is 6.61 Å². The van der Waals surface area contributed by atoms with Crippen molar-refractivity contribution >= 4 is 22.4 Å². The van der Waals surface area contributed by atoms with Gasteiger partial charge in [0.25, 0.3) is 5.56 Å². The SMILES string of the molecule is CN(c1cc(=O)n(C)c2ccc(C#N)nc12)C1CCC(/C(=N/OC(F)F)c2ccn(C3CC3)n2)CC1. The summed E-state index contributed by atoms with van der Waals surface area (Å²) in [4.78, 5) is 23.5. The highest BCUT2D eigenvalue weighted by molar-refractivity contribution is 6.00. The number of pyridine rings is 2. The zero-order chi connectivity index (χ0) is 25.4. The Morgan fingerprint density at radius 3 is 2.64 bits per heavy atom. The number of aromatic nitrogens is 4. The molecule has 0 N–H and O–H groups in total. The summed E-state index contributed by atoms with van der Waals surface area (Å²) in [5.74, 6) is -0.0698. The standard InChI is InChI=1S/C25H27F2N7O2/c1-32(21-13-22(35)33(2)20-10-5-16(14-28)29-24(20)21)17-6-3-15(4-7-17)23(31-36-25(26)27)19-11-12-34(30-19)18-8-9-18/h5,10-13,15,17-18,25H,3-4,6-9H2,1-2H3/b31-23-. The number of nitrogens with zero attached hydrogens (tertiary/aromatic N) is 7. The van der Waals surface area contributed by atoms with E-state index in [0.717, 1.165) is 25.7 Å². The summed E-state index contributed by atoms with van der Waals surface area (Å²) in [5.41, 5.74) is 3.08. The molecule has 0 bridgehead atoms. The molecule has 9 nitrogen and oxygen atoms in total. The molecule has 2 aliphatic carbocycles. The van der Waals surface area contributed by atoms with Crippen LogP contribution in [0, 0.1) is 17.2 Å². The minimum Gasteiger partial charge on any atom is -0.370 e. The van der Waals surface area contributed by atoms with Gasteiger partial charge in [0, 0.05) is 38.3 Å². The maximum Gasteiger partial charge on any atom is 0.407 e. The first-order valence-corrected chi connectivity index (χ1v) is 12.1. The van der Waals surface area contributed by atoms with Crippen LogP contribution in [-0.2, 0) is 11.9 Å². The van der Waals surface area contributed by atoms with E-state index in [4.69, 9.17) is 0 Å². The quantitative estimate of drug-likeness (QED) is 0.363. The predicted octanol–water partition coefficient (Wildman–Crippen LogP) is 3.98. The number of aryl methyl sites for hydroxylation is 1. The summed E-state index contributed by atoms with van der Waals surface area (Å²) in [6, 6.07) is 9.25. The van der Waals surface area contributed by atoms with Gasteiger partial charge in [-0.15, -0.1) is 0 Å². The van der Waals surface area contributed by atoms with E-state index in [1.807, 2.05) is 28.9 Å². The number of hydrogen-bond acceptors (Lipinski definition) is 7. The van der Waals surface area contributed by atoms with E-state index in [9.17, 15) is 18.8 Å². The van der Waals surface area contributed by atoms with E-state index < -0.39 is 6.61 Å². The highest BCUT2D eigenvalue weighted by atomic mass is 19.3. The lowest BCUT2D eigenvalue weighted by Crippen LogP contribution is -2.38. The minimum absolute atomic E-state index is 0.0698. The van der Waals surface area contributed by atoms with Gasteiger partial charge in [-0.1, -0.05) is 5.16 Å². The first-order valence-electron chi connectivity index (χ1n) is 12.1. The molecule has 188 valence electrons. The van der Waals surface area contributed by atoms with Crippen molar-refractivity contribution in [3.05, 3.63) is 52.2 Å². The average molecular weight is 496 g/mol. The minimum atomic E-state index is -2.99. The van der Waals surface area contributed by atoms with E-state index >= 15 is 0 Å². The van der Waals surface area contributed by atoms with Gasteiger partial charge in [0.05, 0.1) is 17.2 Å². The third-order valence-corrected chi connectivity index (χ3v) is 7.22. The van der Waals surface area contributed by atoms with Crippen molar-refractivity contribution in [3.8, 4) is 6.07 Å².